The summed E-state index contributed by atoms with van der Waals surface area (Å²) < 4.78 is 51.0. The Labute approximate surface area is 159 Å². The topological polar surface area (TPSA) is 77.4 Å². The Balaban J connectivity index is 1.76. The number of halogens is 3. The number of aryl methyl sites for hydroxylation is 1. The predicted molar refractivity (Wildman–Crippen MR) is 94.8 cm³/mol. The maximum Gasteiger partial charge on any atom is 0.416 e. The monoisotopic (exact) mass is 398 g/mol. The molecule has 1 atom stereocenters. The highest BCUT2D eigenvalue weighted by Crippen LogP contribution is 2.31. The third kappa shape index (κ3) is 4.45. The Morgan fingerprint density at radius 2 is 2.21 bits per heavy atom. The van der Waals surface area contributed by atoms with Gasteiger partial charge in [-0.15, -0.1) is 0 Å². The lowest BCUT2D eigenvalue weighted by atomic mass is 10.0. The Hall–Kier alpha value is -2.59. The van der Waals surface area contributed by atoms with Crippen LogP contribution in [0.3, 0.4) is 0 Å². The number of nitrogens with zero attached hydrogens (tertiary/aromatic N) is 2. The Bertz CT molecular complexity index is 851. The second kappa shape index (κ2) is 8.19. The van der Waals surface area contributed by atoms with E-state index in [9.17, 15) is 18.0 Å². The van der Waals surface area contributed by atoms with E-state index in [1.165, 1.54) is 19.2 Å². The standard InChI is InChI=1S/C18H21F3N4O3/c1-25-16(13-9-28-7-6-14(13)24-25)23-17(26)22-15(10-27-2)11-4-3-5-12(8-11)18(19,20)21/h3-5,8,15H,6-7,9-10H2,1-2H3,(H2,22,23,26). The number of methoxy groups -OCH3 is 1. The van der Waals surface area contributed by atoms with Crippen LogP contribution in [-0.4, -0.2) is 36.1 Å². The van der Waals surface area contributed by atoms with Crippen molar-refractivity contribution in [3.8, 4) is 0 Å². The summed E-state index contributed by atoms with van der Waals surface area (Å²) in [6.07, 6.45) is -3.81. The number of ether oxygens (including phenoxy) is 2. The van der Waals surface area contributed by atoms with Crippen molar-refractivity contribution in [2.75, 3.05) is 25.6 Å². The third-order valence-electron chi connectivity index (χ3n) is 4.45. The Morgan fingerprint density at radius 3 is 2.93 bits per heavy atom. The van der Waals surface area contributed by atoms with Crippen LogP contribution in [0, 0.1) is 0 Å². The van der Waals surface area contributed by atoms with Gasteiger partial charge in [0.1, 0.15) is 5.82 Å². The first-order valence-electron chi connectivity index (χ1n) is 8.65. The Kier molecular flexibility index (Phi) is 5.90. The van der Waals surface area contributed by atoms with Crippen molar-refractivity contribution in [2.45, 2.75) is 25.2 Å². The fourth-order valence-corrected chi connectivity index (χ4v) is 3.10. The van der Waals surface area contributed by atoms with Crippen molar-refractivity contribution < 1.29 is 27.4 Å². The first-order chi connectivity index (χ1) is 13.3. The lowest BCUT2D eigenvalue weighted by molar-refractivity contribution is -0.137. The first-order valence-corrected chi connectivity index (χ1v) is 8.65. The molecule has 0 bridgehead atoms. The van der Waals surface area contributed by atoms with Crippen molar-refractivity contribution in [1.29, 1.82) is 0 Å². The van der Waals surface area contributed by atoms with E-state index in [2.05, 4.69) is 15.7 Å². The van der Waals surface area contributed by atoms with Crippen LogP contribution in [-0.2, 0) is 35.7 Å². The van der Waals surface area contributed by atoms with Gasteiger partial charge in [0.15, 0.2) is 0 Å². The molecule has 152 valence electrons. The van der Waals surface area contributed by atoms with E-state index in [1.807, 2.05) is 0 Å². The van der Waals surface area contributed by atoms with Gasteiger partial charge in [-0.3, -0.25) is 10.00 Å². The minimum atomic E-state index is -4.47. The van der Waals surface area contributed by atoms with Crippen LogP contribution in [0.4, 0.5) is 23.8 Å². The summed E-state index contributed by atoms with van der Waals surface area (Å²) in [6.45, 7) is 0.927. The van der Waals surface area contributed by atoms with Crippen LogP contribution in [0.1, 0.15) is 28.4 Å². The molecular formula is C18H21F3N4O3. The fourth-order valence-electron chi connectivity index (χ4n) is 3.10. The fraction of sp³-hybridized carbons (Fsp3) is 0.444. The van der Waals surface area contributed by atoms with Crippen LogP contribution in [0.15, 0.2) is 24.3 Å². The number of amides is 2. The van der Waals surface area contributed by atoms with Gasteiger partial charge in [-0.25, -0.2) is 4.79 Å². The molecule has 0 radical (unpaired) electrons. The lowest BCUT2D eigenvalue weighted by Crippen LogP contribution is -2.35. The molecule has 2 heterocycles. The summed E-state index contributed by atoms with van der Waals surface area (Å²) in [5, 5.41) is 9.74. The molecule has 2 N–H and O–H groups in total. The number of alkyl halides is 3. The van der Waals surface area contributed by atoms with Crippen LogP contribution in [0.5, 0.6) is 0 Å². The third-order valence-corrected chi connectivity index (χ3v) is 4.45. The number of urea groups is 1. The molecule has 2 aromatic rings. The van der Waals surface area contributed by atoms with Gasteiger partial charge in [0, 0.05) is 26.1 Å². The van der Waals surface area contributed by atoms with Gasteiger partial charge in [0.2, 0.25) is 0 Å². The summed E-state index contributed by atoms with van der Waals surface area (Å²) in [4.78, 5) is 12.5. The molecule has 28 heavy (non-hydrogen) atoms. The summed E-state index contributed by atoms with van der Waals surface area (Å²) in [5.41, 5.74) is 1.16. The molecule has 1 aliphatic rings. The van der Waals surface area contributed by atoms with Gasteiger partial charge in [-0.1, -0.05) is 12.1 Å². The molecule has 3 rings (SSSR count). The van der Waals surface area contributed by atoms with E-state index in [0.717, 1.165) is 23.4 Å². The van der Waals surface area contributed by atoms with Gasteiger partial charge >= 0.3 is 12.2 Å². The van der Waals surface area contributed by atoms with Crippen LogP contribution in [0.25, 0.3) is 0 Å². The highest BCUT2D eigenvalue weighted by atomic mass is 19.4. The van der Waals surface area contributed by atoms with E-state index >= 15 is 0 Å². The van der Waals surface area contributed by atoms with Crippen molar-refractivity contribution in [1.82, 2.24) is 15.1 Å². The molecule has 1 unspecified atom stereocenters. The van der Waals surface area contributed by atoms with Crippen LogP contribution < -0.4 is 10.6 Å². The number of fused-ring (bicyclic) bond motifs is 1. The highest BCUT2D eigenvalue weighted by Gasteiger charge is 2.31. The number of rotatable bonds is 5. The van der Waals surface area contributed by atoms with E-state index in [4.69, 9.17) is 9.47 Å². The largest absolute Gasteiger partial charge is 0.416 e. The molecule has 0 aliphatic carbocycles. The van der Waals surface area contributed by atoms with Gasteiger partial charge in [0.25, 0.3) is 0 Å². The molecule has 7 nitrogen and oxygen atoms in total. The zero-order chi connectivity index (χ0) is 20.3. The average molecular weight is 398 g/mol. The molecule has 0 fully saturated rings. The van der Waals surface area contributed by atoms with Crippen molar-refractivity contribution in [3.05, 3.63) is 46.6 Å². The number of hydrogen-bond donors (Lipinski definition) is 2. The summed E-state index contributed by atoms with van der Waals surface area (Å²) >= 11 is 0. The SMILES string of the molecule is COCC(NC(=O)Nc1c2c(nn1C)CCOC2)c1cccc(C(F)(F)F)c1. The maximum atomic E-state index is 13.0. The lowest BCUT2D eigenvalue weighted by Gasteiger charge is -2.20. The second-order valence-corrected chi connectivity index (χ2v) is 6.43. The predicted octanol–water partition coefficient (Wildman–Crippen LogP) is 3.02. The molecule has 1 aliphatic heterocycles. The van der Waals surface area contributed by atoms with E-state index in [0.29, 0.717) is 31.0 Å². The molecule has 1 aromatic heterocycles. The maximum absolute atomic E-state index is 13.0. The summed E-state index contributed by atoms with van der Waals surface area (Å²) in [6, 6.07) is 3.47. The van der Waals surface area contributed by atoms with E-state index < -0.39 is 23.8 Å². The smallest absolute Gasteiger partial charge is 0.382 e. The zero-order valence-corrected chi connectivity index (χ0v) is 15.5. The van der Waals surface area contributed by atoms with Crippen molar-refractivity contribution in [3.63, 3.8) is 0 Å². The van der Waals surface area contributed by atoms with Crippen molar-refractivity contribution >= 4 is 11.8 Å². The number of hydrogen-bond acceptors (Lipinski definition) is 4. The summed E-state index contributed by atoms with van der Waals surface area (Å²) in [5.74, 6) is 0.493. The van der Waals surface area contributed by atoms with Crippen molar-refractivity contribution in [2.24, 2.45) is 7.05 Å². The van der Waals surface area contributed by atoms with E-state index in [1.54, 1.807) is 11.7 Å². The number of benzene rings is 1. The van der Waals surface area contributed by atoms with Gasteiger partial charge in [-0.2, -0.15) is 18.3 Å². The number of aromatic nitrogens is 2. The second-order valence-electron chi connectivity index (χ2n) is 6.43. The first kappa shape index (κ1) is 20.2. The van der Waals surface area contributed by atoms with Crippen LogP contribution >= 0.6 is 0 Å². The highest BCUT2D eigenvalue weighted by molar-refractivity contribution is 5.89. The summed E-state index contributed by atoms with van der Waals surface area (Å²) in [7, 11) is 3.11. The molecule has 2 amide bonds. The molecule has 10 heteroatoms. The zero-order valence-electron chi connectivity index (χ0n) is 15.5. The van der Waals surface area contributed by atoms with E-state index in [-0.39, 0.29) is 6.61 Å². The molecular weight excluding hydrogens is 377 g/mol. The number of anilines is 1. The quantitative estimate of drug-likeness (QED) is 0.812. The molecule has 0 spiro atoms. The average Bonchev–Trinajstić information content (AvgIpc) is 2.96. The normalized spacial score (nSPS) is 15.0. The number of carbonyl (C=O) groups is 1. The minimum Gasteiger partial charge on any atom is -0.382 e. The molecule has 0 saturated carbocycles. The van der Waals surface area contributed by atoms with Gasteiger partial charge in [0.05, 0.1) is 37.1 Å². The molecule has 1 aromatic carbocycles. The van der Waals surface area contributed by atoms with Gasteiger partial charge < -0.3 is 14.8 Å². The molecule has 0 saturated heterocycles. The van der Waals surface area contributed by atoms with Crippen LogP contribution in [0.2, 0.25) is 0 Å². The van der Waals surface area contributed by atoms with Gasteiger partial charge in [-0.05, 0) is 17.7 Å². The number of carbonyl (C=O) groups excluding carboxylic acids is 1. The minimum absolute atomic E-state index is 0.0152. The Morgan fingerprint density at radius 1 is 1.43 bits per heavy atom. The number of nitrogens with one attached hydrogen (secondary N) is 2.